The minimum Gasteiger partial charge on any atom is -0.475 e. The summed E-state index contributed by atoms with van der Waals surface area (Å²) in [5.74, 6) is -2.18. The monoisotopic (exact) mass is 510 g/mol. The van der Waals surface area contributed by atoms with Gasteiger partial charge in [0.15, 0.2) is 12.4 Å². The van der Waals surface area contributed by atoms with Crippen molar-refractivity contribution in [3.8, 4) is 5.75 Å². The number of esters is 1. The minimum absolute atomic E-state index is 0.0392. The van der Waals surface area contributed by atoms with Gasteiger partial charge in [0.1, 0.15) is 6.61 Å². The van der Waals surface area contributed by atoms with Crippen molar-refractivity contribution in [2.45, 2.75) is 17.3 Å². The summed E-state index contributed by atoms with van der Waals surface area (Å²) >= 11 is 0. The Morgan fingerprint density at radius 3 is 2.03 bits per heavy atom. The van der Waals surface area contributed by atoms with Gasteiger partial charge >= 0.3 is 11.7 Å². The first kappa shape index (κ1) is 22.7. The molecule has 1 saturated heterocycles. The molecule has 0 bridgehead atoms. The van der Waals surface area contributed by atoms with E-state index >= 15 is 0 Å². The standard InChI is InChI=1S/C29H22N2O7/c32-22(15-38-21-12-6-5-11-20(21)31(35)36)37-14-13-30-27(33)23-24(28(30)34)26-17-8-2-4-10-19(17)29(26)18-9-3-1-7-16(18)25(23)29/h1-12,23-26H,13-15H2/t23-,24-,25-,26-,29?/m0/s1. The van der Waals surface area contributed by atoms with Crippen LogP contribution < -0.4 is 4.74 Å². The molecular weight excluding hydrogens is 488 g/mol. The Labute approximate surface area is 217 Å². The Balaban J connectivity index is 1.05. The van der Waals surface area contributed by atoms with Gasteiger partial charge in [-0.15, -0.1) is 0 Å². The van der Waals surface area contributed by atoms with Gasteiger partial charge in [-0.25, -0.2) is 4.79 Å². The van der Waals surface area contributed by atoms with E-state index in [4.69, 9.17) is 9.47 Å². The number of nitrogens with zero attached hydrogens (tertiary/aromatic N) is 2. The summed E-state index contributed by atoms with van der Waals surface area (Å²) in [6, 6.07) is 22.1. The molecule has 1 saturated carbocycles. The number of carbonyl (C=O) groups excluding carboxylic acids is 3. The summed E-state index contributed by atoms with van der Waals surface area (Å²) in [7, 11) is 0. The van der Waals surface area contributed by atoms with Crippen LogP contribution >= 0.6 is 0 Å². The Hall–Kier alpha value is -4.53. The van der Waals surface area contributed by atoms with Crippen molar-refractivity contribution >= 4 is 23.5 Å². The molecule has 3 aromatic rings. The lowest BCUT2D eigenvalue weighted by atomic mass is 9.43. The summed E-state index contributed by atoms with van der Waals surface area (Å²) in [4.78, 5) is 51.2. The third-order valence-electron chi connectivity index (χ3n) is 8.66. The number of nitro groups is 1. The number of likely N-dealkylation sites (tertiary alicyclic amines) is 1. The summed E-state index contributed by atoms with van der Waals surface area (Å²) in [6.07, 6.45) is 0. The quantitative estimate of drug-likeness (QED) is 0.207. The zero-order valence-electron chi connectivity index (χ0n) is 20.1. The number of fused-ring (bicyclic) bond motifs is 7. The van der Waals surface area contributed by atoms with Crippen molar-refractivity contribution in [2.75, 3.05) is 19.8 Å². The van der Waals surface area contributed by atoms with Gasteiger partial charge in [0.25, 0.3) is 0 Å². The van der Waals surface area contributed by atoms with Crippen molar-refractivity contribution in [1.82, 2.24) is 4.90 Å². The van der Waals surface area contributed by atoms with Crippen LogP contribution in [0.3, 0.4) is 0 Å². The lowest BCUT2D eigenvalue weighted by Gasteiger charge is -2.59. The first-order valence-electron chi connectivity index (χ1n) is 12.5. The van der Waals surface area contributed by atoms with Crippen LogP contribution in [0.1, 0.15) is 34.1 Å². The van der Waals surface area contributed by atoms with Gasteiger partial charge in [0.2, 0.25) is 11.8 Å². The average Bonchev–Trinajstić information content (AvgIpc) is 3.27. The van der Waals surface area contributed by atoms with Gasteiger partial charge in [0.05, 0.1) is 23.3 Å². The highest BCUT2D eigenvalue weighted by Crippen LogP contribution is 2.80. The van der Waals surface area contributed by atoms with Crippen molar-refractivity contribution in [3.63, 3.8) is 0 Å². The lowest BCUT2D eigenvalue weighted by Crippen LogP contribution is -2.55. The molecule has 3 aromatic carbocycles. The van der Waals surface area contributed by atoms with E-state index in [0.29, 0.717) is 0 Å². The molecule has 9 nitrogen and oxygen atoms in total. The number of hydrogen-bond acceptors (Lipinski definition) is 7. The van der Waals surface area contributed by atoms with E-state index in [1.807, 2.05) is 24.3 Å². The van der Waals surface area contributed by atoms with E-state index in [1.54, 1.807) is 6.07 Å². The molecular formula is C29H22N2O7. The molecule has 1 aliphatic heterocycles. The highest BCUT2D eigenvalue weighted by Gasteiger charge is 2.78. The molecule has 1 spiro atoms. The van der Waals surface area contributed by atoms with E-state index in [9.17, 15) is 24.5 Å². The normalized spacial score (nSPS) is 27.2. The molecule has 190 valence electrons. The smallest absolute Gasteiger partial charge is 0.344 e. The minimum atomic E-state index is -0.748. The van der Waals surface area contributed by atoms with Crippen LogP contribution in [-0.2, 0) is 24.5 Å². The second-order valence-corrected chi connectivity index (χ2v) is 10.1. The fraction of sp³-hybridized carbons (Fsp3) is 0.276. The molecule has 0 radical (unpaired) electrons. The Bertz CT molecular complexity index is 1470. The number of carbonyl (C=O) groups is 3. The molecule has 38 heavy (non-hydrogen) atoms. The number of hydrogen-bond donors (Lipinski definition) is 0. The molecule has 0 aromatic heterocycles. The van der Waals surface area contributed by atoms with E-state index in [2.05, 4.69) is 24.3 Å². The maximum atomic E-state index is 13.6. The lowest BCUT2D eigenvalue weighted by molar-refractivity contribution is -0.385. The molecule has 2 fully saturated rings. The number of nitro benzene ring substituents is 1. The third-order valence-corrected chi connectivity index (χ3v) is 8.66. The first-order valence-corrected chi connectivity index (χ1v) is 12.5. The van der Waals surface area contributed by atoms with Crippen LogP contribution in [0.25, 0.3) is 0 Å². The highest BCUT2D eigenvalue weighted by atomic mass is 16.6. The molecule has 1 heterocycles. The number of rotatable bonds is 7. The van der Waals surface area contributed by atoms with E-state index in [-0.39, 0.29) is 53.7 Å². The number of amides is 2. The van der Waals surface area contributed by atoms with Crippen molar-refractivity contribution < 1.29 is 28.8 Å². The number of para-hydroxylation sites is 2. The number of imide groups is 1. The number of benzene rings is 3. The van der Waals surface area contributed by atoms with E-state index < -0.39 is 29.3 Å². The molecule has 4 aliphatic rings. The predicted molar refractivity (Wildman–Crippen MR) is 132 cm³/mol. The van der Waals surface area contributed by atoms with E-state index in [1.165, 1.54) is 34.2 Å². The fourth-order valence-electron chi connectivity index (χ4n) is 7.44. The van der Waals surface area contributed by atoms with Crippen molar-refractivity contribution in [1.29, 1.82) is 0 Å². The van der Waals surface area contributed by atoms with Crippen molar-refractivity contribution in [2.24, 2.45) is 11.8 Å². The van der Waals surface area contributed by atoms with Crippen LogP contribution in [0.2, 0.25) is 0 Å². The molecule has 9 heteroatoms. The SMILES string of the molecule is O=C(COc1ccccc1[N+](=O)[O-])OCCN1C(=O)[C@H]2[C@H](C1=O)[C@@H]1c3ccccc3C13c1ccccc1[C@@H]23. The second kappa shape index (κ2) is 7.98. The van der Waals surface area contributed by atoms with Gasteiger partial charge < -0.3 is 9.47 Å². The van der Waals surface area contributed by atoms with Gasteiger partial charge in [0, 0.05) is 23.3 Å². The Morgan fingerprint density at radius 2 is 1.42 bits per heavy atom. The zero-order valence-corrected chi connectivity index (χ0v) is 20.1. The van der Waals surface area contributed by atoms with Crippen LogP contribution in [0.5, 0.6) is 5.75 Å². The topological polar surface area (TPSA) is 116 Å². The van der Waals surface area contributed by atoms with Crippen LogP contribution in [0, 0.1) is 22.0 Å². The van der Waals surface area contributed by atoms with Gasteiger partial charge in [-0.2, -0.15) is 0 Å². The maximum absolute atomic E-state index is 13.6. The van der Waals surface area contributed by atoms with Crippen LogP contribution in [0.4, 0.5) is 5.69 Å². The molecule has 2 amide bonds. The number of ether oxygens (including phenoxy) is 2. The summed E-state index contributed by atoms with van der Waals surface area (Å²) < 4.78 is 10.5. The second-order valence-electron chi connectivity index (χ2n) is 10.1. The Morgan fingerprint density at radius 1 is 0.868 bits per heavy atom. The average molecular weight is 511 g/mol. The Kier molecular flexibility index (Phi) is 4.76. The van der Waals surface area contributed by atoms with Crippen LogP contribution in [0.15, 0.2) is 72.8 Å². The maximum Gasteiger partial charge on any atom is 0.344 e. The van der Waals surface area contributed by atoms with Gasteiger partial charge in [-0.1, -0.05) is 60.7 Å². The predicted octanol–water partition coefficient (Wildman–Crippen LogP) is 3.31. The summed E-state index contributed by atoms with van der Waals surface area (Å²) in [6.45, 7) is -0.750. The summed E-state index contributed by atoms with van der Waals surface area (Å²) in [5.41, 5.74) is 4.20. The zero-order chi connectivity index (χ0) is 26.2. The highest BCUT2D eigenvalue weighted by molar-refractivity contribution is 6.08. The van der Waals surface area contributed by atoms with Crippen LogP contribution in [-0.4, -0.2) is 47.4 Å². The summed E-state index contributed by atoms with van der Waals surface area (Å²) in [5, 5.41) is 11.1. The van der Waals surface area contributed by atoms with Crippen molar-refractivity contribution in [3.05, 3.63) is 105 Å². The molecule has 7 rings (SSSR count). The molecule has 3 aliphatic carbocycles. The molecule has 0 unspecified atom stereocenters. The first-order chi connectivity index (χ1) is 18.5. The molecule has 4 atom stereocenters. The fourth-order valence-corrected chi connectivity index (χ4v) is 7.44. The largest absolute Gasteiger partial charge is 0.475 e. The molecule has 0 N–H and O–H groups in total. The van der Waals surface area contributed by atoms with Gasteiger partial charge in [-0.05, 0) is 28.3 Å². The van der Waals surface area contributed by atoms with E-state index in [0.717, 1.165) is 11.1 Å². The third kappa shape index (κ3) is 2.73. The van der Waals surface area contributed by atoms with Gasteiger partial charge in [-0.3, -0.25) is 24.6 Å².